The summed E-state index contributed by atoms with van der Waals surface area (Å²) in [7, 11) is 1.62. The predicted molar refractivity (Wildman–Crippen MR) is 75.9 cm³/mol. The van der Waals surface area contributed by atoms with Gasteiger partial charge in [0.1, 0.15) is 5.82 Å². The molecule has 1 aromatic carbocycles. The first kappa shape index (κ1) is 13.8. The normalized spacial score (nSPS) is 10.5. The molecule has 0 aliphatic heterocycles. The number of anilines is 1. The maximum Gasteiger partial charge on any atom is 0.256 e. The van der Waals surface area contributed by atoms with Crippen LogP contribution in [0.2, 0.25) is 4.34 Å². The number of carbonyl (C=O) groups excluding carboxylic acids is 1. The molecule has 1 amide bonds. The highest BCUT2D eigenvalue weighted by atomic mass is 35.5. The van der Waals surface area contributed by atoms with Gasteiger partial charge in [-0.3, -0.25) is 4.79 Å². The highest BCUT2D eigenvalue weighted by molar-refractivity contribution is 7.16. The monoisotopic (exact) mass is 298 g/mol. The SMILES string of the molecule is CN(Cc1ccc(Cl)s1)C(=O)c1ccc(N)cc1F. The number of benzene rings is 1. The van der Waals surface area contributed by atoms with Crippen LogP contribution in [0.25, 0.3) is 0 Å². The smallest absolute Gasteiger partial charge is 0.256 e. The fourth-order valence-corrected chi connectivity index (χ4v) is 2.79. The average molecular weight is 299 g/mol. The van der Waals surface area contributed by atoms with Gasteiger partial charge in [0.25, 0.3) is 5.91 Å². The van der Waals surface area contributed by atoms with E-state index in [1.165, 1.54) is 28.4 Å². The number of nitrogen functional groups attached to an aromatic ring is 1. The number of nitrogens with zero attached hydrogens (tertiary/aromatic N) is 1. The molecule has 6 heteroatoms. The van der Waals surface area contributed by atoms with Crippen molar-refractivity contribution < 1.29 is 9.18 Å². The van der Waals surface area contributed by atoms with Crippen LogP contribution in [0.15, 0.2) is 30.3 Å². The van der Waals surface area contributed by atoms with Crippen molar-refractivity contribution in [3.63, 3.8) is 0 Å². The lowest BCUT2D eigenvalue weighted by Gasteiger charge is -2.16. The molecule has 0 unspecified atom stereocenters. The van der Waals surface area contributed by atoms with Crippen LogP contribution < -0.4 is 5.73 Å². The van der Waals surface area contributed by atoms with Gasteiger partial charge in [-0.15, -0.1) is 11.3 Å². The zero-order valence-electron chi connectivity index (χ0n) is 10.2. The standard InChI is InChI=1S/C13H12ClFN2OS/c1-17(7-9-3-5-12(14)19-9)13(18)10-4-2-8(16)6-11(10)15/h2-6H,7,16H2,1H3. The zero-order valence-corrected chi connectivity index (χ0v) is 11.8. The second-order valence-corrected chi connectivity index (χ2v) is 5.91. The van der Waals surface area contributed by atoms with Crippen LogP contribution in [0, 0.1) is 5.82 Å². The van der Waals surface area contributed by atoms with E-state index in [1.807, 2.05) is 6.07 Å². The first-order valence-corrected chi connectivity index (χ1v) is 6.71. The third-order valence-corrected chi connectivity index (χ3v) is 3.81. The molecule has 0 spiro atoms. The molecule has 0 fully saturated rings. The molecule has 0 aliphatic carbocycles. The van der Waals surface area contributed by atoms with Crippen LogP contribution in [0.1, 0.15) is 15.2 Å². The van der Waals surface area contributed by atoms with E-state index in [0.29, 0.717) is 16.6 Å². The molecule has 0 saturated heterocycles. The topological polar surface area (TPSA) is 46.3 Å². The Morgan fingerprint density at radius 3 is 2.74 bits per heavy atom. The molecule has 1 aromatic heterocycles. The highest BCUT2D eigenvalue weighted by Crippen LogP contribution is 2.23. The first-order chi connectivity index (χ1) is 8.97. The Labute approximate surface area is 119 Å². The molecule has 0 radical (unpaired) electrons. The number of halogens is 2. The third kappa shape index (κ3) is 3.24. The van der Waals surface area contributed by atoms with Crippen molar-refractivity contribution in [1.29, 1.82) is 0 Å². The van der Waals surface area contributed by atoms with Gasteiger partial charge in [-0.25, -0.2) is 4.39 Å². The molecule has 0 saturated carbocycles. The van der Waals surface area contributed by atoms with Crippen LogP contribution in [0.3, 0.4) is 0 Å². The molecule has 100 valence electrons. The number of rotatable bonds is 3. The van der Waals surface area contributed by atoms with E-state index in [0.717, 1.165) is 10.9 Å². The molecular formula is C13H12ClFN2OS. The molecule has 2 N–H and O–H groups in total. The summed E-state index contributed by atoms with van der Waals surface area (Å²) >= 11 is 7.22. The minimum Gasteiger partial charge on any atom is -0.399 e. The number of nitrogens with two attached hydrogens (primary N) is 1. The van der Waals surface area contributed by atoms with Gasteiger partial charge in [0.2, 0.25) is 0 Å². The average Bonchev–Trinajstić information content (AvgIpc) is 2.74. The highest BCUT2D eigenvalue weighted by Gasteiger charge is 2.17. The number of thiophene rings is 1. The molecule has 19 heavy (non-hydrogen) atoms. The summed E-state index contributed by atoms with van der Waals surface area (Å²) in [4.78, 5) is 14.5. The van der Waals surface area contributed by atoms with Crippen LogP contribution in [-0.4, -0.2) is 17.9 Å². The van der Waals surface area contributed by atoms with E-state index in [2.05, 4.69) is 0 Å². The molecule has 2 rings (SSSR count). The summed E-state index contributed by atoms with van der Waals surface area (Å²) in [6.45, 7) is 0.389. The van der Waals surface area contributed by atoms with Crippen LogP contribution in [0.5, 0.6) is 0 Å². The maximum absolute atomic E-state index is 13.7. The van der Waals surface area contributed by atoms with Gasteiger partial charge in [-0.05, 0) is 30.3 Å². The van der Waals surface area contributed by atoms with Gasteiger partial charge in [0.15, 0.2) is 0 Å². The number of hydrogen-bond donors (Lipinski definition) is 1. The Bertz CT molecular complexity index is 614. The molecule has 2 aromatic rings. The van der Waals surface area contributed by atoms with E-state index in [9.17, 15) is 9.18 Å². The van der Waals surface area contributed by atoms with E-state index in [1.54, 1.807) is 13.1 Å². The van der Waals surface area contributed by atoms with Gasteiger partial charge >= 0.3 is 0 Å². The van der Waals surface area contributed by atoms with Crippen LogP contribution in [-0.2, 0) is 6.54 Å². The van der Waals surface area contributed by atoms with E-state index in [-0.39, 0.29) is 11.5 Å². The van der Waals surface area contributed by atoms with Crippen molar-refractivity contribution in [2.45, 2.75) is 6.54 Å². The molecular weight excluding hydrogens is 287 g/mol. The van der Waals surface area contributed by atoms with E-state index in [4.69, 9.17) is 17.3 Å². The lowest BCUT2D eigenvalue weighted by Crippen LogP contribution is -2.26. The summed E-state index contributed by atoms with van der Waals surface area (Å²) in [6, 6.07) is 7.65. The minimum atomic E-state index is -0.610. The Balaban J connectivity index is 2.14. The first-order valence-electron chi connectivity index (χ1n) is 5.52. The van der Waals surface area contributed by atoms with Crippen molar-refractivity contribution in [3.05, 3.63) is 50.9 Å². The second kappa shape index (κ2) is 5.59. The predicted octanol–water partition coefficient (Wildman–Crippen LogP) is 3.40. The fraction of sp³-hybridized carbons (Fsp3) is 0.154. The maximum atomic E-state index is 13.7. The summed E-state index contributed by atoms with van der Waals surface area (Å²) in [5.74, 6) is -0.997. The summed E-state index contributed by atoms with van der Waals surface area (Å²) in [5, 5.41) is 0. The van der Waals surface area contributed by atoms with Gasteiger partial charge in [-0.1, -0.05) is 11.6 Å². The lowest BCUT2D eigenvalue weighted by molar-refractivity contribution is 0.0782. The second-order valence-electron chi connectivity index (χ2n) is 4.11. The number of amides is 1. The molecule has 0 bridgehead atoms. The van der Waals surface area contributed by atoms with Crippen molar-refractivity contribution in [2.24, 2.45) is 0 Å². The van der Waals surface area contributed by atoms with Crippen molar-refractivity contribution in [1.82, 2.24) is 4.90 Å². The molecule has 1 heterocycles. The molecule has 3 nitrogen and oxygen atoms in total. The zero-order chi connectivity index (χ0) is 14.0. The number of carbonyl (C=O) groups is 1. The summed E-state index contributed by atoms with van der Waals surface area (Å²) in [5.41, 5.74) is 5.76. The van der Waals surface area contributed by atoms with Gasteiger partial charge in [0.05, 0.1) is 16.4 Å². The Morgan fingerprint density at radius 1 is 1.42 bits per heavy atom. The van der Waals surface area contributed by atoms with E-state index < -0.39 is 5.82 Å². The molecule has 0 aliphatic rings. The van der Waals surface area contributed by atoms with Crippen molar-refractivity contribution in [2.75, 3.05) is 12.8 Å². The van der Waals surface area contributed by atoms with Crippen LogP contribution >= 0.6 is 22.9 Å². The van der Waals surface area contributed by atoms with Crippen molar-refractivity contribution >= 4 is 34.5 Å². The Hall–Kier alpha value is -1.59. The van der Waals surface area contributed by atoms with Crippen LogP contribution in [0.4, 0.5) is 10.1 Å². The lowest BCUT2D eigenvalue weighted by atomic mass is 10.1. The Kier molecular flexibility index (Phi) is 4.07. The largest absolute Gasteiger partial charge is 0.399 e. The third-order valence-electron chi connectivity index (χ3n) is 2.59. The fourth-order valence-electron chi connectivity index (χ4n) is 1.65. The van der Waals surface area contributed by atoms with Gasteiger partial charge in [0, 0.05) is 17.6 Å². The minimum absolute atomic E-state index is 0.0133. The Morgan fingerprint density at radius 2 is 2.16 bits per heavy atom. The summed E-state index contributed by atoms with van der Waals surface area (Å²) < 4.78 is 14.3. The summed E-state index contributed by atoms with van der Waals surface area (Å²) in [6.07, 6.45) is 0. The van der Waals surface area contributed by atoms with Crippen molar-refractivity contribution in [3.8, 4) is 0 Å². The van der Waals surface area contributed by atoms with Gasteiger partial charge in [-0.2, -0.15) is 0 Å². The van der Waals surface area contributed by atoms with E-state index >= 15 is 0 Å². The molecule has 0 atom stereocenters. The van der Waals surface area contributed by atoms with Gasteiger partial charge < -0.3 is 10.6 Å². The number of hydrogen-bond acceptors (Lipinski definition) is 3. The quantitative estimate of drug-likeness (QED) is 0.883.